The molecule has 0 aromatic rings. The Hall–Kier alpha value is -0.120. The zero-order valence-electron chi connectivity index (χ0n) is 8.63. The Balaban J connectivity index is 2.76. The first kappa shape index (κ1) is 12.9. The molecule has 1 N–H and O–H groups in total. The first-order valence-electron chi connectivity index (χ1n) is 5.18. The number of hydrogen-bond acceptors (Lipinski definition) is 3. The summed E-state index contributed by atoms with van der Waals surface area (Å²) in [4.78, 5) is 0. The van der Waals surface area contributed by atoms with Crippen LogP contribution in [0.5, 0.6) is 0 Å². The second-order valence-corrected chi connectivity index (χ2v) is 2.95. The van der Waals surface area contributed by atoms with E-state index < -0.39 is 0 Å². The van der Waals surface area contributed by atoms with E-state index in [0.29, 0.717) is 19.8 Å². The van der Waals surface area contributed by atoms with Crippen LogP contribution in [0.4, 0.5) is 0 Å². The Kier molecular flexibility index (Phi) is 11.8. The number of unbranched alkanes of at least 4 members (excludes halogenated alkanes) is 3. The van der Waals surface area contributed by atoms with E-state index in [9.17, 15) is 0 Å². The zero-order chi connectivity index (χ0) is 9.78. The molecule has 0 aliphatic rings. The first-order valence-corrected chi connectivity index (χ1v) is 5.18. The van der Waals surface area contributed by atoms with Crippen molar-refractivity contribution in [3.8, 4) is 0 Å². The van der Waals surface area contributed by atoms with Gasteiger partial charge in [0.2, 0.25) is 0 Å². The normalized spacial score (nSPS) is 10.6. The number of rotatable bonds is 10. The molecule has 0 saturated heterocycles. The molecule has 3 heteroatoms. The maximum Gasteiger partial charge on any atom is 0.0700 e. The molecule has 0 aliphatic carbocycles. The van der Waals surface area contributed by atoms with E-state index in [-0.39, 0.29) is 0 Å². The molecular weight excluding hydrogens is 168 g/mol. The van der Waals surface area contributed by atoms with Crippen LogP contribution in [0.2, 0.25) is 0 Å². The van der Waals surface area contributed by atoms with Crippen molar-refractivity contribution in [2.75, 3.05) is 33.0 Å². The molecule has 0 atom stereocenters. The molecule has 0 aromatic carbocycles. The molecule has 0 amide bonds. The van der Waals surface area contributed by atoms with Crippen LogP contribution in [0.25, 0.3) is 0 Å². The van der Waals surface area contributed by atoms with Gasteiger partial charge in [0.15, 0.2) is 0 Å². The second kappa shape index (κ2) is 11.9. The van der Waals surface area contributed by atoms with E-state index in [0.717, 1.165) is 38.9 Å². The monoisotopic (exact) mass is 190 g/mol. The van der Waals surface area contributed by atoms with Gasteiger partial charge >= 0.3 is 0 Å². The molecular formula is C10H22O3. The molecule has 0 bridgehead atoms. The molecule has 0 fully saturated rings. The summed E-state index contributed by atoms with van der Waals surface area (Å²) in [7, 11) is 0. The quantitative estimate of drug-likeness (QED) is 0.532. The largest absolute Gasteiger partial charge is 0.396 e. The van der Waals surface area contributed by atoms with Crippen LogP contribution < -0.4 is 0 Å². The molecule has 0 heterocycles. The lowest BCUT2D eigenvalue weighted by Crippen LogP contribution is -2.04. The van der Waals surface area contributed by atoms with Gasteiger partial charge in [0.25, 0.3) is 0 Å². The van der Waals surface area contributed by atoms with Crippen LogP contribution in [0.3, 0.4) is 0 Å². The van der Waals surface area contributed by atoms with Crippen LogP contribution in [0.1, 0.15) is 32.6 Å². The SMILES string of the molecule is CCOCCOCCCCCCO. The van der Waals surface area contributed by atoms with Crippen molar-refractivity contribution in [1.82, 2.24) is 0 Å². The molecule has 3 nitrogen and oxygen atoms in total. The molecule has 0 unspecified atom stereocenters. The van der Waals surface area contributed by atoms with E-state index in [1.807, 2.05) is 6.92 Å². The van der Waals surface area contributed by atoms with E-state index >= 15 is 0 Å². The summed E-state index contributed by atoms with van der Waals surface area (Å²) in [6.45, 7) is 5.28. The first-order chi connectivity index (χ1) is 6.41. The maximum absolute atomic E-state index is 8.52. The number of aliphatic hydroxyl groups excluding tert-OH is 1. The molecule has 0 aliphatic heterocycles. The van der Waals surface area contributed by atoms with Crippen molar-refractivity contribution in [2.24, 2.45) is 0 Å². The van der Waals surface area contributed by atoms with Gasteiger partial charge in [0.05, 0.1) is 13.2 Å². The van der Waals surface area contributed by atoms with Crippen LogP contribution in [-0.2, 0) is 9.47 Å². The van der Waals surface area contributed by atoms with Gasteiger partial charge in [-0.25, -0.2) is 0 Å². The summed E-state index contributed by atoms with van der Waals surface area (Å²) in [5.41, 5.74) is 0. The molecule has 80 valence electrons. The predicted molar refractivity (Wildman–Crippen MR) is 52.9 cm³/mol. The lowest BCUT2D eigenvalue weighted by molar-refractivity contribution is 0.0512. The minimum Gasteiger partial charge on any atom is -0.396 e. The van der Waals surface area contributed by atoms with Gasteiger partial charge in [-0.1, -0.05) is 12.8 Å². The Labute approximate surface area is 81.0 Å². The van der Waals surface area contributed by atoms with Crippen LogP contribution in [-0.4, -0.2) is 38.1 Å². The Morgan fingerprint density at radius 1 is 0.846 bits per heavy atom. The summed E-state index contributed by atoms with van der Waals surface area (Å²) < 4.78 is 10.4. The van der Waals surface area contributed by atoms with Crippen molar-refractivity contribution >= 4 is 0 Å². The van der Waals surface area contributed by atoms with Gasteiger partial charge in [-0.3, -0.25) is 0 Å². The molecule has 13 heavy (non-hydrogen) atoms. The minimum absolute atomic E-state index is 0.311. The molecule has 0 rings (SSSR count). The van der Waals surface area contributed by atoms with Crippen LogP contribution in [0.15, 0.2) is 0 Å². The molecule has 0 radical (unpaired) electrons. The average molecular weight is 190 g/mol. The topological polar surface area (TPSA) is 38.7 Å². The number of ether oxygens (including phenoxy) is 2. The third kappa shape index (κ3) is 11.9. The summed E-state index contributed by atoms with van der Waals surface area (Å²) >= 11 is 0. The van der Waals surface area contributed by atoms with Gasteiger partial charge in [0.1, 0.15) is 0 Å². The summed E-state index contributed by atoms with van der Waals surface area (Å²) in [6.07, 6.45) is 4.26. The van der Waals surface area contributed by atoms with Gasteiger partial charge in [-0.15, -0.1) is 0 Å². The highest BCUT2D eigenvalue weighted by molar-refractivity contribution is 4.41. The third-order valence-electron chi connectivity index (χ3n) is 1.77. The Bertz CT molecular complexity index is 76.2. The molecule has 0 saturated carbocycles. The maximum atomic E-state index is 8.52. The van der Waals surface area contributed by atoms with E-state index in [4.69, 9.17) is 14.6 Å². The van der Waals surface area contributed by atoms with E-state index in [2.05, 4.69) is 0 Å². The third-order valence-corrected chi connectivity index (χ3v) is 1.77. The van der Waals surface area contributed by atoms with Gasteiger partial charge in [0, 0.05) is 19.8 Å². The lowest BCUT2D eigenvalue weighted by Gasteiger charge is -2.03. The van der Waals surface area contributed by atoms with Gasteiger partial charge < -0.3 is 14.6 Å². The average Bonchev–Trinajstić information content (AvgIpc) is 2.16. The van der Waals surface area contributed by atoms with Crippen molar-refractivity contribution in [1.29, 1.82) is 0 Å². The lowest BCUT2D eigenvalue weighted by atomic mass is 10.2. The number of aliphatic hydroxyl groups is 1. The smallest absolute Gasteiger partial charge is 0.0700 e. The fraction of sp³-hybridized carbons (Fsp3) is 1.00. The minimum atomic E-state index is 0.311. The highest BCUT2D eigenvalue weighted by atomic mass is 16.5. The Morgan fingerprint density at radius 2 is 1.54 bits per heavy atom. The molecule has 0 spiro atoms. The fourth-order valence-electron chi connectivity index (χ4n) is 1.03. The highest BCUT2D eigenvalue weighted by Crippen LogP contribution is 1.98. The van der Waals surface area contributed by atoms with Crippen LogP contribution >= 0.6 is 0 Å². The van der Waals surface area contributed by atoms with Crippen LogP contribution in [0, 0.1) is 0 Å². The second-order valence-electron chi connectivity index (χ2n) is 2.95. The van der Waals surface area contributed by atoms with Crippen molar-refractivity contribution in [2.45, 2.75) is 32.6 Å². The zero-order valence-corrected chi connectivity index (χ0v) is 8.63. The van der Waals surface area contributed by atoms with Crippen molar-refractivity contribution in [3.05, 3.63) is 0 Å². The highest BCUT2D eigenvalue weighted by Gasteiger charge is 1.90. The molecule has 0 aromatic heterocycles. The van der Waals surface area contributed by atoms with Gasteiger partial charge in [-0.2, -0.15) is 0 Å². The van der Waals surface area contributed by atoms with E-state index in [1.54, 1.807) is 0 Å². The Morgan fingerprint density at radius 3 is 2.23 bits per heavy atom. The summed E-state index contributed by atoms with van der Waals surface area (Å²) in [5.74, 6) is 0. The van der Waals surface area contributed by atoms with Crippen molar-refractivity contribution in [3.63, 3.8) is 0 Å². The summed E-state index contributed by atoms with van der Waals surface area (Å²) in [5, 5.41) is 8.52. The predicted octanol–water partition coefficient (Wildman–Crippen LogP) is 1.59. The van der Waals surface area contributed by atoms with Gasteiger partial charge in [-0.05, 0) is 19.8 Å². The fourth-order valence-corrected chi connectivity index (χ4v) is 1.03. The number of hydrogen-bond donors (Lipinski definition) is 1. The summed E-state index contributed by atoms with van der Waals surface area (Å²) in [6, 6.07) is 0. The standard InChI is InChI=1S/C10H22O3/c1-2-12-9-10-13-8-6-4-3-5-7-11/h11H,2-10H2,1H3. The van der Waals surface area contributed by atoms with Crippen molar-refractivity contribution < 1.29 is 14.6 Å². The van der Waals surface area contributed by atoms with E-state index in [1.165, 1.54) is 0 Å².